The lowest BCUT2D eigenvalue weighted by Gasteiger charge is -2.14. The van der Waals surface area contributed by atoms with Crippen LogP contribution in [0.25, 0.3) is 106 Å². The summed E-state index contributed by atoms with van der Waals surface area (Å²) in [5.74, 6) is 1.24. The van der Waals surface area contributed by atoms with Gasteiger partial charge in [0.2, 0.25) is 11.8 Å². The van der Waals surface area contributed by atoms with Crippen LogP contribution in [0.3, 0.4) is 0 Å². The van der Waals surface area contributed by atoms with E-state index in [1.807, 2.05) is 48.5 Å². The Morgan fingerprint density at radius 3 is 1.29 bits per heavy atom. The lowest BCUT2D eigenvalue weighted by Crippen LogP contribution is -1.96. The molecule has 8 aromatic carbocycles. The fourth-order valence-electron chi connectivity index (χ4n) is 7.57. The van der Waals surface area contributed by atoms with Gasteiger partial charge in [-0.25, -0.2) is 9.97 Å². The standard InChI is InChI=1S/C46H27N3O2/c1-3-13-41-37(9-1)47-45(50-41)32-21-15-28(16-22-32)34-25-35(29-17-23-33(24-18-29)46-48-38-10-2-4-14-42(38)51-46)27-36(26-34)49-39-11-5-7-30-19-20-31-8-6-12-40(49)44(31)43(30)39/h1-27H. The van der Waals surface area contributed by atoms with E-state index in [1.165, 1.54) is 32.6 Å². The van der Waals surface area contributed by atoms with Crippen molar-refractivity contribution in [3.63, 3.8) is 0 Å². The maximum absolute atomic E-state index is 6.08. The Balaban J connectivity index is 1.08. The van der Waals surface area contributed by atoms with Gasteiger partial charge in [0.15, 0.2) is 11.2 Å². The van der Waals surface area contributed by atoms with Crippen molar-refractivity contribution in [2.45, 2.75) is 0 Å². The Morgan fingerprint density at radius 1 is 0.373 bits per heavy atom. The van der Waals surface area contributed by atoms with Gasteiger partial charge in [0.25, 0.3) is 0 Å². The monoisotopic (exact) mass is 653 g/mol. The summed E-state index contributed by atoms with van der Waals surface area (Å²) < 4.78 is 14.6. The first-order valence-electron chi connectivity index (χ1n) is 17.1. The molecule has 5 heteroatoms. The molecule has 238 valence electrons. The highest BCUT2D eigenvalue weighted by molar-refractivity contribution is 6.24. The minimum atomic E-state index is 0.618. The van der Waals surface area contributed by atoms with E-state index in [1.54, 1.807) is 0 Å². The molecule has 0 spiro atoms. The largest absolute Gasteiger partial charge is 0.436 e. The molecule has 0 aliphatic rings. The molecule has 0 bridgehead atoms. The van der Waals surface area contributed by atoms with Crippen LogP contribution in [0, 0.1) is 0 Å². The van der Waals surface area contributed by atoms with Crippen LogP contribution in [-0.4, -0.2) is 14.5 Å². The average molecular weight is 654 g/mol. The second-order valence-corrected chi connectivity index (χ2v) is 13.0. The zero-order valence-corrected chi connectivity index (χ0v) is 27.2. The van der Waals surface area contributed by atoms with Gasteiger partial charge in [-0.15, -0.1) is 0 Å². The van der Waals surface area contributed by atoms with Crippen molar-refractivity contribution >= 4 is 54.8 Å². The van der Waals surface area contributed by atoms with Gasteiger partial charge < -0.3 is 13.4 Å². The molecule has 0 radical (unpaired) electrons. The molecule has 0 amide bonds. The predicted molar refractivity (Wildman–Crippen MR) is 206 cm³/mol. The summed E-state index contributed by atoms with van der Waals surface area (Å²) >= 11 is 0. The van der Waals surface area contributed by atoms with Gasteiger partial charge in [-0.3, -0.25) is 0 Å². The number of hydrogen-bond donors (Lipinski definition) is 0. The lowest BCUT2D eigenvalue weighted by molar-refractivity contribution is 0.619. The van der Waals surface area contributed by atoms with Gasteiger partial charge in [-0.2, -0.15) is 0 Å². The topological polar surface area (TPSA) is 57.0 Å². The van der Waals surface area contributed by atoms with Crippen LogP contribution >= 0.6 is 0 Å². The molecule has 11 rings (SSSR count). The summed E-state index contributed by atoms with van der Waals surface area (Å²) in [6, 6.07) is 57.2. The maximum Gasteiger partial charge on any atom is 0.227 e. The number of oxazole rings is 2. The van der Waals surface area contributed by atoms with Crippen molar-refractivity contribution < 1.29 is 8.83 Å². The summed E-state index contributed by atoms with van der Waals surface area (Å²) in [6.07, 6.45) is 0. The fourth-order valence-corrected chi connectivity index (χ4v) is 7.57. The predicted octanol–water partition coefficient (Wildman–Crippen LogP) is 12.3. The molecule has 0 aliphatic heterocycles. The third-order valence-electron chi connectivity index (χ3n) is 10.0. The van der Waals surface area contributed by atoms with Gasteiger partial charge in [0, 0.05) is 27.6 Å². The van der Waals surface area contributed by atoms with Gasteiger partial charge in [0.1, 0.15) is 11.0 Å². The van der Waals surface area contributed by atoms with E-state index < -0.39 is 0 Å². The number of nitrogens with zero attached hydrogens (tertiary/aromatic N) is 3. The van der Waals surface area contributed by atoms with E-state index in [4.69, 9.17) is 18.8 Å². The highest BCUT2D eigenvalue weighted by Gasteiger charge is 2.18. The Labute approximate surface area is 292 Å². The van der Waals surface area contributed by atoms with Crippen LogP contribution in [0.5, 0.6) is 0 Å². The first-order chi connectivity index (χ1) is 25.2. The van der Waals surface area contributed by atoms with E-state index in [9.17, 15) is 0 Å². The quantitative estimate of drug-likeness (QED) is 0.173. The minimum Gasteiger partial charge on any atom is -0.436 e. The van der Waals surface area contributed by atoms with Gasteiger partial charge in [-0.1, -0.05) is 84.9 Å². The third-order valence-corrected chi connectivity index (χ3v) is 10.0. The van der Waals surface area contributed by atoms with E-state index in [0.717, 1.165) is 61.3 Å². The molecule has 0 atom stereocenters. The third kappa shape index (κ3) is 4.42. The zero-order chi connectivity index (χ0) is 33.5. The molecule has 0 fully saturated rings. The summed E-state index contributed by atoms with van der Waals surface area (Å²) in [5, 5.41) is 5.08. The summed E-state index contributed by atoms with van der Waals surface area (Å²) in [4.78, 5) is 9.44. The molecule has 0 aliphatic carbocycles. The van der Waals surface area contributed by atoms with Gasteiger partial charge in [-0.05, 0) is 112 Å². The molecule has 0 saturated carbocycles. The second kappa shape index (κ2) is 10.8. The fraction of sp³-hybridized carbons (Fsp3) is 0. The molecule has 11 aromatic rings. The van der Waals surface area contributed by atoms with Crippen LogP contribution in [0.4, 0.5) is 0 Å². The number of hydrogen-bond acceptors (Lipinski definition) is 4. The maximum atomic E-state index is 6.08. The van der Waals surface area contributed by atoms with E-state index in [0.29, 0.717) is 11.8 Å². The summed E-state index contributed by atoms with van der Waals surface area (Å²) in [5.41, 5.74) is 13.1. The van der Waals surface area contributed by atoms with Crippen molar-refractivity contribution in [1.82, 2.24) is 14.5 Å². The highest BCUT2D eigenvalue weighted by Crippen LogP contribution is 2.41. The van der Waals surface area contributed by atoms with Gasteiger partial charge in [0.05, 0.1) is 11.0 Å². The van der Waals surface area contributed by atoms with Crippen LogP contribution in [-0.2, 0) is 0 Å². The molecule has 0 unspecified atom stereocenters. The zero-order valence-electron chi connectivity index (χ0n) is 27.2. The average Bonchev–Trinajstić information content (AvgIpc) is 3.92. The molecule has 51 heavy (non-hydrogen) atoms. The Hall–Kier alpha value is -6.98. The van der Waals surface area contributed by atoms with Crippen molar-refractivity contribution in [1.29, 1.82) is 0 Å². The van der Waals surface area contributed by atoms with Crippen molar-refractivity contribution in [3.8, 4) is 50.8 Å². The van der Waals surface area contributed by atoms with Crippen LogP contribution in [0.15, 0.2) is 173 Å². The number of fused-ring (bicyclic) bond motifs is 2. The number of para-hydroxylation sites is 4. The summed E-state index contributed by atoms with van der Waals surface area (Å²) in [7, 11) is 0. The van der Waals surface area contributed by atoms with Gasteiger partial charge >= 0.3 is 0 Å². The number of benzene rings is 8. The normalized spacial score (nSPS) is 11.9. The molecule has 3 heterocycles. The molecule has 5 nitrogen and oxygen atoms in total. The van der Waals surface area contributed by atoms with E-state index in [2.05, 4.69) is 120 Å². The molecular formula is C46H27N3O2. The Morgan fingerprint density at radius 2 is 0.824 bits per heavy atom. The smallest absolute Gasteiger partial charge is 0.227 e. The van der Waals surface area contributed by atoms with Crippen molar-refractivity contribution in [3.05, 3.63) is 164 Å². The first-order valence-corrected chi connectivity index (χ1v) is 17.1. The molecule has 0 saturated heterocycles. The second-order valence-electron chi connectivity index (χ2n) is 13.0. The lowest BCUT2D eigenvalue weighted by atomic mass is 9.96. The Bertz CT molecular complexity index is 2800. The van der Waals surface area contributed by atoms with Crippen LogP contribution in [0.2, 0.25) is 0 Å². The number of aromatic nitrogens is 3. The van der Waals surface area contributed by atoms with Crippen molar-refractivity contribution in [2.24, 2.45) is 0 Å². The Kier molecular flexibility index (Phi) is 5.89. The van der Waals surface area contributed by atoms with Crippen LogP contribution in [0.1, 0.15) is 0 Å². The summed E-state index contributed by atoms with van der Waals surface area (Å²) in [6.45, 7) is 0. The molecular weight excluding hydrogens is 627 g/mol. The van der Waals surface area contributed by atoms with Crippen LogP contribution < -0.4 is 0 Å². The van der Waals surface area contributed by atoms with E-state index in [-0.39, 0.29) is 0 Å². The SMILES string of the molecule is c1ccc2oc(-c3ccc(-c4cc(-c5ccc(-c6nc7ccccc7o6)cc5)cc(-n5c6cccc7ccc8cccc5c8c76)c4)cc3)nc2c1. The van der Waals surface area contributed by atoms with E-state index >= 15 is 0 Å². The minimum absolute atomic E-state index is 0.618. The molecule has 3 aromatic heterocycles. The van der Waals surface area contributed by atoms with Crippen molar-refractivity contribution in [2.75, 3.05) is 0 Å². The molecule has 0 N–H and O–H groups in total. The first kappa shape index (κ1) is 27.9. The highest BCUT2D eigenvalue weighted by atomic mass is 16.4. The number of rotatable bonds is 5.